The number of esters is 2. The quantitative estimate of drug-likeness (QED) is 0.0387. The van der Waals surface area contributed by atoms with Crippen LogP contribution in [0.5, 0.6) is 23.0 Å². The van der Waals surface area contributed by atoms with Gasteiger partial charge in [0, 0.05) is 12.8 Å². The van der Waals surface area contributed by atoms with Gasteiger partial charge in [0.05, 0.1) is 37.6 Å². The van der Waals surface area contributed by atoms with E-state index in [9.17, 15) is 9.59 Å². The zero-order chi connectivity index (χ0) is 36.4. The highest BCUT2D eigenvalue weighted by molar-refractivity contribution is 5.87. The van der Waals surface area contributed by atoms with Crippen molar-refractivity contribution in [1.29, 1.82) is 0 Å². The van der Waals surface area contributed by atoms with Crippen molar-refractivity contribution in [3.63, 3.8) is 0 Å². The van der Waals surface area contributed by atoms with Crippen LogP contribution >= 0.6 is 0 Å². The van der Waals surface area contributed by atoms with Gasteiger partial charge in [0.1, 0.15) is 24.0 Å². The van der Waals surface area contributed by atoms with E-state index in [4.69, 9.17) is 28.4 Å². The average Bonchev–Trinajstić information content (AvgIpc) is 3.20. The van der Waals surface area contributed by atoms with E-state index >= 15 is 0 Å². The van der Waals surface area contributed by atoms with Gasteiger partial charge in [0.25, 0.3) is 0 Å². The van der Waals surface area contributed by atoms with Crippen molar-refractivity contribution < 1.29 is 38.0 Å². The summed E-state index contributed by atoms with van der Waals surface area (Å²) in [5.74, 6) is 1.46. The molecule has 0 bridgehead atoms. The Morgan fingerprint density at radius 1 is 0.442 bits per heavy atom. The third-order valence-corrected chi connectivity index (χ3v) is 7.72. The van der Waals surface area contributed by atoms with Crippen molar-refractivity contribution in [3.05, 3.63) is 157 Å². The zero-order valence-electron chi connectivity index (χ0n) is 29.4. The Kier molecular flexibility index (Phi) is 14.1. The normalized spacial score (nSPS) is 11.3. The SMILES string of the molecule is CC(=COc1ccc(-c2ccccc2)cc1)C(=O)OCCCOc1ccccc1OCCCOC(=O)C(C)=COc1ccc(-c2ccccc2)cc1. The van der Waals surface area contributed by atoms with Crippen molar-refractivity contribution in [1.82, 2.24) is 0 Å². The summed E-state index contributed by atoms with van der Waals surface area (Å²) in [6.07, 6.45) is 3.76. The molecule has 5 rings (SSSR count). The highest BCUT2D eigenvalue weighted by Gasteiger charge is 2.10. The zero-order valence-corrected chi connectivity index (χ0v) is 29.4. The molecule has 0 atom stereocenters. The van der Waals surface area contributed by atoms with Crippen LogP contribution in [0.4, 0.5) is 0 Å². The van der Waals surface area contributed by atoms with Gasteiger partial charge in [-0.1, -0.05) is 97.1 Å². The first kappa shape index (κ1) is 37.0. The Morgan fingerprint density at radius 2 is 0.788 bits per heavy atom. The number of hydrogen-bond acceptors (Lipinski definition) is 8. The van der Waals surface area contributed by atoms with Crippen LogP contribution in [-0.4, -0.2) is 38.4 Å². The van der Waals surface area contributed by atoms with Gasteiger partial charge < -0.3 is 28.4 Å². The molecule has 0 fully saturated rings. The van der Waals surface area contributed by atoms with E-state index in [2.05, 4.69) is 0 Å². The molecule has 0 N–H and O–H groups in total. The summed E-state index contributed by atoms with van der Waals surface area (Å²) < 4.78 is 33.8. The number of carbonyl (C=O) groups is 2. The average molecular weight is 699 g/mol. The Labute approximate surface area is 304 Å². The van der Waals surface area contributed by atoms with E-state index in [0.29, 0.717) is 60.2 Å². The molecule has 8 nitrogen and oxygen atoms in total. The molecule has 266 valence electrons. The van der Waals surface area contributed by atoms with Crippen molar-refractivity contribution in [2.24, 2.45) is 0 Å². The molecular weight excluding hydrogens is 656 g/mol. The number of benzene rings is 5. The fraction of sp³-hybridized carbons (Fsp3) is 0.182. The van der Waals surface area contributed by atoms with Gasteiger partial charge in [-0.2, -0.15) is 0 Å². The maximum atomic E-state index is 12.4. The van der Waals surface area contributed by atoms with Crippen LogP contribution < -0.4 is 18.9 Å². The monoisotopic (exact) mass is 698 g/mol. The summed E-state index contributed by atoms with van der Waals surface area (Å²) in [5, 5.41) is 0. The summed E-state index contributed by atoms with van der Waals surface area (Å²) in [4.78, 5) is 24.8. The fourth-order valence-electron chi connectivity index (χ4n) is 4.85. The van der Waals surface area contributed by atoms with E-state index in [1.54, 1.807) is 26.0 Å². The van der Waals surface area contributed by atoms with Crippen LogP contribution in [0.1, 0.15) is 26.7 Å². The molecule has 0 saturated heterocycles. The molecule has 0 saturated carbocycles. The van der Waals surface area contributed by atoms with Crippen molar-refractivity contribution in [2.75, 3.05) is 26.4 Å². The first-order valence-electron chi connectivity index (χ1n) is 17.1. The fourth-order valence-corrected chi connectivity index (χ4v) is 4.85. The largest absolute Gasteiger partial charge is 0.490 e. The first-order chi connectivity index (χ1) is 25.5. The van der Waals surface area contributed by atoms with Crippen LogP contribution in [0.25, 0.3) is 22.3 Å². The maximum Gasteiger partial charge on any atom is 0.336 e. The van der Waals surface area contributed by atoms with E-state index in [1.165, 1.54) is 12.5 Å². The molecule has 0 radical (unpaired) electrons. The molecule has 0 aliphatic carbocycles. The summed E-state index contributed by atoms with van der Waals surface area (Å²) in [7, 11) is 0. The number of carbonyl (C=O) groups excluding carboxylic acids is 2. The highest BCUT2D eigenvalue weighted by atomic mass is 16.5. The van der Waals surface area contributed by atoms with Gasteiger partial charge in [0.2, 0.25) is 0 Å². The van der Waals surface area contributed by atoms with E-state index in [0.717, 1.165) is 22.3 Å². The molecule has 0 aliphatic heterocycles. The second-order valence-electron chi connectivity index (χ2n) is 11.7. The summed E-state index contributed by atoms with van der Waals surface area (Å²) in [6, 6.07) is 42.7. The second kappa shape index (κ2) is 19.8. The Morgan fingerprint density at radius 3 is 1.17 bits per heavy atom. The Hall–Kier alpha value is -6.28. The molecule has 5 aromatic rings. The van der Waals surface area contributed by atoms with E-state index in [-0.39, 0.29) is 13.2 Å². The molecule has 0 spiro atoms. The van der Waals surface area contributed by atoms with Crippen LogP contribution in [-0.2, 0) is 19.1 Å². The lowest BCUT2D eigenvalue weighted by Crippen LogP contribution is -2.11. The summed E-state index contributed by atoms with van der Waals surface area (Å²) >= 11 is 0. The minimum Gasteiger partial charge on any atom is -0.490 e. The second-order valence-corrected chi connectivity index (χ2v) is 11.7. The van der Waals surface area contributed by atoms with Gasteiger partial charge in [0.15, 0.2) is 11.5 Å². The summed E-state index contributed by atoms with van der Waals surface area (Å²) in [5.41, 5.74) is 5.09. The van der Waals surface area contributed by atoms with Crippen LogP contribution in [0.3, 0.4) is 0 Å². The first-order valence-corrected chi connectivity index (χ1v) is 17.1. The lowest BCUT2D eigenvalue weighted by Gasteiger charge is -2.13. The highest BCUT2D eigenvalue weighted by Crippen LogP contribution is 2.27. The van der Waals surface area contributed by atoms with Crippen molar-refractivity contribution in [3.8, 4) is 45.3 Å². The van der Waals surface area contributed by atoms with Gasteiger partial charge in [-0.05, 0) is 72.5 Å². The number of hydrogen-bond donors (Lipinski definition) is 0. The number of para-hydroxylation sites is 2. The lowest BCUT2D eigenvalue weighted by atomic mass is 10.1. The van der Waals surface area contributed by atoms with Crippen molar-refractivity contribution >= 4 is 11.9 Å². The Bertz CT molecular complexity index is 1770. The van der Waals surface area contributed by atoms with Crippen LogP contribution in [0, 0.1) is 0 Å². The molecular formula is C44H42O8. The van der Waals surface area contributed by atoms with Gasteiger partial charge >= 0.3 is 11.9 Å². The lowest BCUT2D eigenvalue weighted by molar-refractivity contribution is -0.140. The molecule has 52 heavy (non-hydrogen) atoms. The molecule has 0 amide bonds. The van der Waals surface area contributed by atoms with E-state index in [1.807, 2.05) is 121 Å². The third-order valence-electron chi connectivity index (χ3n) is 7.72. The van der Waals surface area contributed by atoms with E-state index < -0.39 is 11.9 Å². The van der Waals surface area contributed by atoms with Crippen molar-refractivity contribution in [2.45, 2.75) is 26.7 Å². The molecule has 5 aromatic carbocycles. The molecule has 0 unspecified atom stereocenters. The maximum absolute atomic E-state index is 12.4. The predicted molar refractivity (Wildman–Crippen MR) is 201 cm³/mol. The van der Waals surface area contributed by atoms with Gasteiger partial charge in [-0.25, -0.2) is 9.59 Å². The summed E-state index contributed by atoms with van der Waals surface area (Å²) in [6.45, 7) is 4.30. The van der Waals surface area contributed by atoms with Crippen LogP contribution in [0.15, 0.2) is 157 Å². The molecule has 0 aromatic heterocycles. The third kappa shape index (κ3) is 11.7. The van der Waals surface area contributed by atoms with Gasteiger partial charge in [-0.3, -0.25) is 0 Å². The standard InChI is InChI=1S/C44H42O8/c1-33(31-51-39-23-19-37(20-24-39)35-13-5-3-6-14-35)43(45)49-29-11-27-47-41-17-9-10-18-42(41)48-28-12-30-50-44(46)34(2)32-52-40-25-21-38(22-26-40)36-15-7-4-8-16-36/h3-10,13-26,31-32H,11-12,27-30H2,1-2H3. The smallest absolute Gasteiger partial charge is 0.336 e. The number of ether oxygens (including phenoxy) is 6. The molecule has 0 heterocycles. The number of rotatable bonds is 18. The molecule has 8 heteroatoms. The topological polar surface area (TPSA) is 89.5 Å². The van der Waals surface area contributed by atoms with Crippen LogP contribution in [0.2, 0.25) is 0 Å². The molecule has 0 aliphatic rings. The minimum absolute atomic E-state index is 0.184. The Balaban J connectivity index is 0.947. The predicted octanol–water partition coefficient (Wildman–Crippen LogP) is 9.61. The van der Waals surface area contributed by atoms with Gasteiger partial charge in [-0.15, -0.1) is 0 Å². The minimum atomic E-state index is -0.461.